The Morgan fingerprint density at radius 3 is 2.72 bits per heavy atom. The molecule has 0 spiro atoms. The first-order chi connectivity index (χ1) is 12.1. The number of hydrogen-bond donors (Lipinski definition) is 1. The first kappa shape index (κ1) is 16.9. The number of carbonyl (C=O) groups excluding carboxylic acids is 1. The van der Waals surface area contributed by atoms with Crippen LogP contribution in [-0.2, 0) is 0 Å². The van der Waals surface area contributed by atoms with Gasteiger partial charge in [0.15, 0.2) is 0 Å². The van der Waals surface area contributed by atoms with Crippen molar-refractivity contribution < 1.29 is 18.3 Å². The molecule has 9 heteroatoms. The maximum atomic E-state index is 12.5. The molecule has 0 bridgehead atoms. The fourth-order valence-corrected chi connectivity index (χ4v) is 2.59. The lowest BCUT2D eigenvalue weighted by Crippen LogP contribution is -2.14. The Kier molecular flexibility index (Phi) is 4.94. The van der Waals surface area contributed by atoms with Crippen LogP contribution >= 0.6 is 11.3 Å². The normalized spacial score (nSPS) is 10.7. The van der Waals surface area contributed by atoms with E-state index < -0.39 is 12.3 Å². The number of carbonyl (C=O) groups is 1. The van der Waals surface area contributed by atoms with E-state index in [-0.39, 0.29) is 11.4 Å². The Morgan fingerprint density at radius 1 is 1.28 bits per heavy atom. The summed E-state index contributed by atoms with van der Waals surface area (Å²) in [4.78, 5) is 25.1. The highest BCUT2D eigenvalue weighted by atomic mass is 32.1. The summed E-state index contributed by atoms with van der Waals surface area (Å²) >= 11 is 1.38. The minimum absolute atomic E-state index is 0.126. The van der Waals surface area contributed by atoms with Gasteiger partial charge in [-0.2, -0.15) is 0 Å². The quantitative estimate of drug-likeness (QED) is 0.747. The highest BCUT2D eigenvalue weighted by Crippen LogP contribution is 2.26. The van der Waals surface area contributed by atoms with Gasteiger partial charge in [-0.1, -0.05) is 0 Å². The van der Waals surface area contributed by atoms with Crippen molar-refractivity contribution >= 4 is 22.9 Å². The van der Waals surface area contributed by atoms with E-state index in [0.29, 0.717) is 17.1 Å². The lowest BCUT2D eigenvalue weighted by molar-refractivity contribution is 0.102. The van der Waals surface area contributed by atoms with E-state index in [1.807, 2.05) is 0 Å². The highest BCUT2D eigenvalue weighted by Gasteiger charge is 2.14. The monoisotopic (exact) mass is 362 g/mol. The number of halogens is 2. The van der Waals surface area contributed by atoms with E-state index >= 15 is 0 Å². The van der Waals surface area contributed by atoms with E-state index in [2.05, 4.69) is 20.3 Å². The number of rotatable bonds is 5. The number of methoxy groups -OCH3 is 1. The standard InChI is InChI=1S/C16H12F2N4O2S/c1-24-10-4-12(14-7-19-8-25-14)22-13(5-10)16(23)21-9-2-3-11(15(17)18)20-6-9/h2-8,15H,1H3,(H,21,23). The molecule has 6 nitrogen and oxygen atoms in total. The second-order valence-corrected chi connectivity index (χ2v) is 5.76. The van der Waals surface area contributed by atoms with Crippen molar-refractivity contribution in [2.45, 2.75) is 6.43 Å². The molecule has 3 aromatic rings. The maximum absolute atomic E-state index is 12.5. The summed E-state index contributed by atoms with van der Waals surface area (Å²) in [6.07, 6.45) is 0.150. The summed E-state index contributed by atoms with van der Waals surface area (Å²) in [5, 5.41) is 2.57. The highest BCUT2D eigenvalue weighted by molar-refractivity contribution is 7.13. The van der Waals surface area contributed by atoms with Gasteiger partial charge in [-0.15, -0.1) is 11.3 Å². The molecule has 0 saturated carbocycles. The molecule has 0 radical (unpaired) electrons. The third-order valence-corrected chi connectivity index (χ3v) is 4.02. The number of anilines is 1. The first-order valence-corrected chi connectivity index (χ1v) is 7.95. The van der Waals surface area contributed by atoms with Gasteiger partial charge in [0.25, 0.3) is 12.3 Å². The van der Waals surface area contributed by atoms with Crippen LogP contribution in [-0.4, -0.2) is 28.0 Å². The van der Waals surface area contributed by atoms with Crippen molar-refractivity contribution in [3.63, 3.8) is 0 Å². The Labute approximate surface area is 145 Å². The van der Waals surface area contributed by atoms with E-state index in [1.165, 1.54) is 36.8 Å². The number of aromatic nitrogens is 3. The fourth-order valence-electron chi connectivity index (χ4n) is 2.01. The molecule has 3 rings (SSSR count). The summed E-state index contributed by atoms with van der Waals surface area (Å²) in [6.45, 7) is 0. The maximum Gasteiger partial charge on any atom is 0.280 e. The molecule has 0 aliphatic heterocycles. The first-order valence-electron chi connectivity index (χ1n) is 7.07. The molecule has 0 atom stereocenters. The molecule has 0 aliphatic rings. The van der Waals surface area contributed by atoms with Gasteiger partial charge in [0, 0.05) is 18.3 Å². The van der Waals surface area contributed by atoms with E-state index in [9.17, 15) is 13.6 Å². The van der Waals surface area contributed by atoms with Crippen molar-refractivity contribution in [1.82, 2.24) is 15.0 Å². The van der Waals surface area contributed by atoms with Gasteiger partial charge in [-0.25, -0.2) is 13.8 Å². The van der Waals surface area contributed by atoms with Gasteiger partial charge in [0.1, 0.15) is 17.1 Å². The number of hydrogen-bond acceptors (Lipinski definition) is 6. The Hall–Kier alpha value is -2.94. The van der Waals surface area contributed by atoms with E-state index in [0.717, 1.165) is 10.9 Å². The lowest BCUT2D eigenvalue weighted by Gasteiger charge is -2.08. The molecule has 0 aromatic carbocycles. The smallest absolute Gasteiger partial charge is 0.280 e. The van der Waals surface area contributed by atoms with Gasteiger partial charge in [-0.05, 0) is 12.1 Å². The Balaban J connectivity index is 1.85. The van der Waals surface area contributed by atoms with Gasteiger partial charge in [0.05, 0.1) is 35.1 Å². The third-order valence-electron chi connectivity index (χ3n) is 3.22. The largest absolute Gasteiger partial charge is 0.497 e. The second-order valence-electron chi connectivity index (χ2n) is 4.87. The predicted molar refractivity (Wildman–Crippen MR) is 89.0 cm³/mol. The van der Waals surface area contributed by atoms with Gasteiger partial charge >= 0.3 is 0 Å². The number of alkyl halides is 2. The van der Waals surface area contributed by atoms with Gasteiger partial charge in [-0.3, -0.25) is 14.8 Å². The fraction of sp³-hybridized carbons (Fsp3) is 0.125. The molecule has 0 saturated heterocycles. The third kappa shape index (κ3) is 3.94. The van der Waals surface area contributed by atoms with Gasteiger partial charge in [0.2, 0.25) is 0 Å². The lowest BCUT2D eigenvalue weighted by atomic mass is 10.2. The minimum Gasteiger partial charge on any atom is -0.497 e. The molecular weight excluding hydrogens is 350 g/mol. The number of amides is 1. The zero-order valence-corrected chi connectivity index (χ0v) is 13.8. The average Bonchev–Trinajstić information content (AvgIpc) is 3.16. The average molecular weight is 362 g/mol. The van der Waals surface area contributed by atoms with Crippen LogP contribution in [0.15, 0.2) is 42.2 Å². The number of nitrogens with zero attached hydrogens (tertiary/aromatic N) is 3. The van der Waals surface area contributed by atoms with Crippen LogP contribution in [0.2, 0.25) is 0 Å². The number of nitrogens with one attached hydrogen (secondary N) is 1. The molecule has 128 valence electrons. The molecule has 25 heavy (non-hydrogen) atoms. The van der Waals surface area contributed by atoms with Crippen LogP contribution in [0.1, 0.15) is 22.6 Å². The van der Waals surface area contributed by atoms with Crippen LogP contribution in [0.5, 0.6) is 5.75 Å². The number of thiazole rings is 1. The summed E-state index contributed by atoms with van der Waals surface area (Å²) in [5.74, 6) is -0.0361. The van der Waals surface area contributed by atoms with Crippen molar-refractivity contribution in [3.8, 4) is 16.3 Å². The van der Waals surface area contributed by atoms with Gasteiger partial charge < -0.3 is 10.1 Å². The Morgan fingerprint density at radius 2 is 2.12 bits per heavy atom. The SMILES string of the molecule is COc1cc(C(=O)Nc2ccc(C(F)F)nc2)nc(-c2cncs2)c1. The molecule has 1 amide bonds. The number of ether oxygens (including phenoxy) is 1. The summed E-state index contributed by atoms with van der Waals surface area (Å²) in [7, 11) is 1.49. The molecular formula is C16H12F2N4O2S. The Bertz CT molecular complexity index is 870. The van der Waals surface area contributed by atoms with Crippen molar-refractivity contribution in [2.24, 2.45) is 0 Å². The van der Waals surface area contributed by atoms with E-state index in [4.69, 9.17) is 4.74 Å². The molecule has 3 aromatic heterocycles. The predicted octanol–water partition coefficient (Wildman–Crippen LogP) is 3.80. The second kappa shape index (κ2) is 7.31. The van der Waals surface area contributed by atoms with Crippen LogP contribution in [0.25, 0.3) is 10.6 Å². The molecule has 0 aliphatic carbocycles. The van der Waals surface area contributed by atoms with Crippen LogP contribution in [0.4, 0.5) is 14.5 Å². The summed E-state index contributed by atoms with van der Waals surface area (Å²) in [5.41, 5.74) is 2.27. The van der Waals surface area contributed by atoms with Crippen LogP contribution in [0.3, 0.4) is 0 Å². The van der Waals surface area contributed by atoms with Crippen molar-refractivity contribution in [3.05, 3.63) is 53.6 Å². The van der Waals surface area contributed by atoms with Crippen LogP contribution in [0, 0.1) is 0 Å². The minimum atomic E-state index is -2.66. The number of pyridine rings is 2. The molecule has 3 heterocycles. The van der Waals surface area contributed by atoms with Crippen molar-refractivity contribution in [2.75, 3.05) is 12.4 Å². The molecule has 1 N–H and O–H groups in total. The molecule has 0 fully saturated rings. The topological polar surface area (TPSA) is 77.0 Å². The zero-order chi connectivity index (χ0) is 17.8. The summed E-state index contributed by atoms with van der Waals surface area (Å²) < 4.78 is 30.2. The summed E-state index contributed by atoms with van der Waals surface area (Å²) in [6, 6.07) is 5.70. The zero-order valence-electron chi connectivity index (χ0n) is 12.9. The van der Waals surface area contributed by atoms with Crippen molar-refractivity contribution in [1.29, 1.82) is 0 Å². The van der Waals surface area contributed by atoms with E-state index in [1.54, 1.807) is 17.8 Å². The molecule has 0 unspecified atom stereocenters. The van der Waals surface area contributed by atoms with Crippen LogP contribution < -0.4 is 10.1 Å².